The minimum Gasteiger partial charge on any atom is -0.396 e. The number of nitrogens with one attached hydrogen (secondary N) is 2. The molecule has 1 fully saturated rings. The molecular formula is C8H18N2O. The third-order valence-corrected chi connectivity index (χ3v) is 2.29. The Kier molecular flexibility index (Phi) is 3.83. The second-order valence-electron chi connectivity index (χ2n) is 3.09. The topological polar surface area (TPSA) is 44.3 Å². The molecule has 1 aliphatic heterocycles. The highest BCUT2D eigenvalue weighted by Crippen LogP contribution is 2.11. The van der Waals surface area contributed by atoms with Crippen LogP contribution in [0.4, 0.5) is 0 Å². The normalized spacial score (nSPS) is 21.3. The van der Waals surface area contributed by atoms with Gasteiger partial charge in [0.25, 0.3) is 0 Å². The van der Waals surface area contributed by atoms with Gasteiger partial charge in [-0.25, -0.2) is 0 Å². The summed E-state index contributed by atoms with van der Waals surface area (Å²) in [7, 11) is 0. The van der Waals surface area contributed by atoms with E-state index in [0.717, 1.165) is 32.0 Å². The van der Waals surface area contributed by atoms with Gasteiger partial charge in [-0.2, -0.15) is 0 Å². The van der Waals surface area contributed by atoms with Crippen molar-refractivity contribution in [1.29, 1.82) is 0 Å². The van der Waals surface area contributed by atoms with Gasteiger partial charge in [-0.1, -0.05) is 6.92 Å². The molecule has 0 aromatic carbocycles. The summed E-state index contributed by atoms with van der Waals surface area (Å²) in [4.78, 5) is 0. The largest absolute Gasteiger partial charge is 0.396 e. The highest BCUT2D eigenvalue weighted by molar-refractivity contribution is 4.85. The zero-order chi connectivity index (χ0) is 8.10. The maximum atomic E-state index is 8.77. The number of hydrogen-bond donors (Lipinski definition) is 3. The van der Waals surface area contributed by atoms with Crippen LogP contribution in [0.2, 0.25) is 0 Å². The van der Waals surface area contributed by atoms with Crippen molar-refractivity contribution in [1.82, 2.24) is 10.6 Å². The van der Waals surface area contributed by atoms with E-state index in [0.29, 0.717) is 12.6 Å². The molecule has 1 unspecified atom stereocenters. The quantitative estimate of drug-likeness (QED) is 0.508. The van der Waals surface area contributed by atoms with Gasteiger partial charge in [0, 0.05) is 25.7 Å². The Morgan fingerprint density at radius 1 is 1.64 bits per heavy atom. The minimum absolute atomic E-state index is 0.300. The van der Waals surface area contributed by atoms with Gasteiger partial charge in [-0.3, -0.25) is 0 Å². The molecule has 0 aromatic heterocycles. The molecule has 0 radical (unpaired) electrons. The molecule has 0 amide bonds. The number of rotatable bonds is 5. The van der Waals surface area contributed by atoms with E-state index in [-0.39, 0.29) is 0 Å². The molecule has 0 aliphatic carbocycles. The van der Waals surface area contributed by atoms with Crippen LogP contribution in [0, 0.1) is 5.92 Å². The number of aliphatic hydroxyl groups is 1. The van der Waals surface area contributed by atoms with E-state index in [1.54, 1.807) is 0 Å². The van der Waals surface area contributed by atoms with E-state index in [1.807, 2.05) is 0 Å². The van der Waals surface area contributed by atoms with E-state index < -0.39 is 0 Å². The minimum atomic E-state index is 0.300. The predicted octanol–water partition coefficient (Wildman–Crippen LogP) is -0.434. The molecule has 3 heteroatoms. The van der Waals surface area contributed by atoms with Gasteiger partial charge in [0.05, 0.1) is 0 Å². The summed E-state index contributed by atoms with van der Waals surface area (Å²) in [6, 6.07) is 0.520. The van der Waals surface area contributed by atoms with Crippen LogP contribution in [0.5, 0.6) is 0 Å². The van der Waals surface area contributed by atoms with E-state index >= 15 is 0 Å². The second kappa shape index (κ2) is 4.70. The van der Waals surface area contributed by atoms with Crippen molar-refractivity contribution in [2.75, 3.05) is 26.2 Å². The summed E-state index contributed by atoms with van der Waals surface area (Å²) in [6.07, 6.45) is 0.889. The Morgan fingerprint density at radius 3 is 2.73 bits per heavy atom. The summed E-state index contributed by atoms with van der Waals surface area (Å²) in [6.45, 7) is 5.63. The first-order valence-corrected chi connectivity index (χ1v) is 4.43. The van der Waals surface area contributed by atoms with Crippen LogP contribution in [0.3, 0.4) is 0 Å². The average Bonchev–Trinajstić information content (AvgIpc) is 1.85. The predicted molar refractivity (Wildman–Crippen MR) is 45.5 cm³/mol. The smallest absolute Gasteiger partial charge is 0.0445 e. The molecule has 3 N–H and O–H groups in total. The lowest BCUT2D eigenvalue weighted by Gasteiger charge is -2.34. The van der Waals surface area contributed by atoms with Gasteiger partial charge >= 0.3 is 0 Å². The lowest BCUT2D eigenvalue weighted by molar-refractivity contribution is 0.200. The average molecular weight is 158 g/mol. The zero-order valence-corrected chi connectivity index (χ0v) is 7.14. The molecule has 1 rings (SSSR count). The second-order valence-corrected chi connectivity index (χ2v) is 3.09. The van der Waals surface area contributed by atoms with Crippen molar-refractivity contribution in [2.24, 2.45) is 5.92 Å². The highest BCUT2D eigenvalue weighted by atomic mass is 16.3. The molecular weight excluding hydrogens is 140 g/mol. The number of aliphatic hydroxyl groups excluding tert-OH is 1. The first kappa shape index (κ1) is 8.97. The molecule has 0 saturated carbocycles. The molecule has 0 aromatic rings. The fourth-order valence-electron chi connectivity index (χ4n) is 1.50. The Hall–Kier alpha value is -0.120. The molecule has 1 heterocycles. The van der Waals surface area contributed by atoms with Crippen molar-refractivity contribution < 1.29 is 5.11 Å². The van der Waals surface area contributed by atoms with Gasteiger partial charge in [0.15, 0.2) is 0 Å². The van der Waals surface area contributed by atoms with Crippen molar-refractivity contribution in [3.63, 3.8) is 0 Å². The van der Waals surface area contributed by atoms with Crippen molar-refractivity contribution in [2.45, 2.75) is 19.4 Å². The van der Waals surface area contributed by atoms with Gasteiger partial charge in [0.1, 0.15) is 0 Å². The molecule has 11 heavy (non-hydrogen) atoms. The van der Waals surface area contributed by atoms with Crippen LogP contribution in [-0.4, -0.2) is 37.4 Å². The van der Waals surface area contributed by atoms with Crippen molar-refractivity contribution in [3.05, 3.63) is 0 Å². The van der Waals surface area contributed by atoms with Crippen LogP contribution in [-0.2, 0) is 0 Å². The Morgan fingerprint density at radius 2 is 2.36 bits per heavy atom. The van der Waals surface area contributed by atoms with E-state index in [4.69, 9.17) is 5.11 Å². The van der Waals surface area contributed by atoms with Gasteiger partial charge in [-0.15, -0.1) is 0 Å². The van der Waals surface area contributed by atoms with E-state index in [2.05, 4.69) is 17.6 Å². The Balaban J connectivity index is 2.19. The van der Waals surface area contributed by atoms with Crippen LogP contribution < -0.4 is 10.6 Å². The Bertz CT molecular complexity index is 98.3. The summed E-state index contributed by atoms with van der Waals surface area (Å²) in [5.41, 5.74) is 0. The third kappa shape index (κ3) is 2.43. The van der Waals surface area contributed by atoms with Crippen LogP contribution in [0.15, 0.2) is 0 Å². The zero-order valence-electron chi connectivity index (χ0n) is 7.14. The molecule has 3 nitrogen and oxygen atoms in total. The number of hydrogen-bond acceptors (Lipinski definition) is 3. The van der Waals surface area contributed by atoms with Crippen molar-refractivity contribution in [3.8, 4) is 0 Å². The van der Waals surface area contributed by atoms with Crippen LogP contribution in [0.25, 0.3) is 0 Å². The molecule has 1 atom stereocenters. The monoisotopic (exact) mass is 158 g/mol. The summed E-state index contributed by atoms with van der Waals surface area (Å²) in [5.74, 6) is 0.738. The standard InChI is InChI=1S/C8H18N2O/c1-2-10-8(3-4-11)7-5-9-6-7/h7-11H,2-6H2,1H3. The van der Waals surface area contributed by atoms with Gasteiger partial charge in [0.2, 0.25) is 0 Å². The molecule has 66 valence electrons. The molecule has 0 spiro atoms. The lowest BCUT2D eigenvalue weighted by Crippen LogP contribution is -2.53. The SMILES string of the molecule is CCNC(CCO)C1CNC1. The fraction of sp³-hybridized carbons (Fsp3) is 1.00. The van der Waals surface area contributed by atoms with Gasteiger partial charge < -0.3 is 15.7 Å². The lowest BCUT2D eigenvalue weighted by atomic mass is 9.92. The molecule has 1 aliphatic rings. The van der Waals surface area contributed by atoms with Crippen molar-refractivity contribution >= 4 is 0 Å². The fourth-order valence-corrected chi connectivity index (χ4v) is 1.50. The van der Waals surface area contributed by atoms with E-state index in [1.165, 1.54) is 0 Å². The van der Waals surface area contributed by atoms with E-state index in [9.17, 15) is 0 Å². The van der Waals surface area contributed by atoms with Crippen LogP contribution in [0.1, 0.15) is 13.3 Å². The van der Waals surface area contributed by atoms with Gasteiger partial charge in [-0.05, 0) is 18.9 Å². The maximum absolute atomic E-state index is 8.77. The first-order chi connectivity index (χ1) is 5.38. The maximum Gasteiger partial charge on any atom is 0.0445 e. The first-order valence-electron chi connectivity index (χ1n) is 4.43. The highest BCUT2D eigenvalue weighted by Gasteiger charge is 2.25. The summed E-state index contributed by atoms with van der Waals surface area (Å²) in [5, 5.41) is 15.4. The summed E-state index contributed by atoms with van der Waals surface area (Å²) < 4.78 is 0. The van der Waals surface area contributed by atoms with Crippen LogP contribution >= 0.6 is 0 Å². The molecule has 0 bridgehead atoms. The Labute approximate surface area is 68.2 Å². The third-order valence-electron chi connectivity index (χ3n) is 2.29. The summed E-state index contributed by atoms with van der Waals surface area (Å²) >= 11 is 0. The molecule has 1 saturated heterocycles.